The first-order valence-electron chi connectivity index (χ1n) is 1.87. The molecule has 0 aromatic heterocycles. The molecule has 0 fully saturated rings. The van der Waals surface area contributed by atoms with E-state index in [1.807, 2.05) is 0 Å². The summed E-state index contributed by atoms with van der Waals surface area (Å²) in [5.41, 5.74) is 5.16. The van der Waals surface area contributed by atoms with Crippen molar-refractivity contribution in [2.75, 3.05) is 0 Å². The molecule has 0 saturated carbocycles. The number of carbonyl (C=O) groups excluding carboxylic acids is 1. The summed E-state index contributed by atoms with van der Waals surface area (Å²) in [6, 6.07) is 0. The van der Waals surface area contributed by atoms with Gasteiger partial charge in [0.2, 0.25) is 0 Å². The predicted octanol–water partition coefficient (Wildman–Crippen LogP) is 1.18. The number of rotatable bonds is 1. The molecule has 0 rings (SSSR count). The van der Waals surface area contributed by atoms with Gasteiger partial charge in [0, 0.05) is 5.57 Å². The summed E-state index contributed by atoms with van der Waals surface area (Å²) in [6.07, 6.45) is 0. The Kier molecular flexibility index (Phi) is 2.87. The number of hydrogen-bond donors (Lipinski definition) is 1. The van der Waals surface area contributed by atoms with Gasteiger partial charge in [-0.1, -0.05) is 11.6 Å². The Morgan fingerprint density at radius 3 is 1.88 bits per heavy atom. The maximum Gasteiger partial charge on any atom is 0.251 e. The molecule has 0 aliphatic carbocycles. The van der Waals surface area contributed by atoms with E-state index in [9.17, 15) is 4.79 Å². The molecule has 0 aromatic rings. The van der Waals surface area contributed by atoms with E-state index in [1.54, 1.807) is 0 Å². The SMILES string of the molecule is C/C(C(=O)Cl)=C(\N)Cl. The Hall–Kier alpha value is -0.210. The molecule has 0 unspecified atom stereocenters. The molecule has 0 aromatic carbocycles. The second kappa shape index (κ2) is 2.95. The minimum Gasteiger partial charge on any atom is -0.389 e. The predicted molar refractivity (Wildman–Crippen MR) is 33.6 cm³/mol. The summed E-state index contributed by atoms with van der Waals surface area (Å²) in [7, 11) is 0. The molecule has 4 heteroatoms. The van der Waals surface area contributed by atoms with Gasteiger partial charge in [-0.2, -0.15) is 0 Å². The van der Waals surface area contributed by atoms with Gasteiger partial charge in [-0.05, 0) is 18.5 Å². The van der Waals surface area contributed by atoms with Crippen LogP contribution >= 0.6 is 23.2 Å². The molecule has 8 heavy (non-hydrogen) atoms. The highest BCUT2D eigenvalue weighted by atomic mass is 35.5. The third-order valence-electron chi connectivity index (χ3n) is 0.653. The van der Waals surface area contributed by atoms with E-state index in [-0.39, 0.29) is 10.7 Å². The van der Waals surface area contributed by atoms with Crippen molar-refractivity contribution in [1.82, 2.24) is 0 Å². The molecule has 0 saturated heterocycles. The molecular weight excluding hydrogens is 149 g/mol. The molecule has 0 atom stereocenters. The molecule has 2 nitrogen and oxygen atoms in total. The Morgan fingerprint density at radius 2 is 1.88 bits per heavy atom. The fraction of sp³-hybridized carbons (Fsp3) is 0.250. The summed E-state index contributed by atoms with van der Waals surface area (Å²) in [5.74, 6) is 0. The Bertz CT molecular complexity index is 137. The summed E-state index contributed by atoms with van der Waals surface area (Å²) in [4.78, 5) is 10.1. The summed E-state index contributed by atoms with van der Waals surface area (Å²) in [5, 5.41) is -0.664. The van der Waals surface area contributed by atoms with Gasteiger partial charge < -0.3 is 5.73 Å². The molecule has 2 N–H and O–H groups in total. The van der Waals surface area contributed by atoms with Gasteiger partial charge in [0.25, 0.3) is 5.24 Å². The van der Waals surface area contributed by atoms with Gasteiger partial charge in [-0.15, -0.1) is 0 Å². The van der Waals surface area contributed by atoms with Crippen molar-refractivity contribution >= 4 is 28.4 Å². The van der Waals surface area contributed by atoms with Gasteiger partial charge in [0.05, 0.1) is 0 Å². The average molecular weight is 154 g/mol. The van der Waals surface area contributed by atoms with E-state index in [0.717, 1.165) is 0 Å². The van der Waals surface area contributed by atoms with Crippen molar-refractivity contribution in [3.8, 4) is 0 Å². The van der Waals surface area contributed by atoms with Gasteiger partial charge in [0.15, 0.2) is 0 Å². The third-order valence-corrected chi connectivity index (χ3v) is 1.22. The monoisotopic (exact) mass is 153 g/mol. The molecule has 0 aliphatic rings. The van der Waals surface area contributed by atoms with E-state index >= 15 is 0 Å². The van der Waals surface area contributed by atoms with Crippen LogP contribution in [0.2, 0.25) is 0 Å². The smallest absolute Gasteiger partial charge is 0.251 e. The van der Waals surface area contributed by atoms with Crippen LogP contribution in [-0.4, -0.2) is 5.24 Å². The normalized spacial score (nSPS) is 12.9. The average Bonchev–Trinajstić information content (AvgIpc) is 1.64. The van der Waals surface area contributed by atoms with Crippen LogP contribution in [0.5, 0.6) is 0 Å². The first-order chi connectivity index (χ1) is 3.55. The van der Waals surface area contributed by atoms with Crippen LogP contribution in [0.3, 0.4) is 0 Å². The van der Waals surface area contributed by atoms with Gasteiger partial charge in [-0.25, -0.2) is 0 Å². The minimum atomic E-state index is -0.613. The van der Waals surface area contributed by atoms with Crippen molar-refractivity contribution < 1.29 is 4.79 Å². The van der Waals surface area contributed by atoms with Crippen LogP contribution in [0.25, 0.3) is 0 Å². The summed E-state index contributed by atoms with van der Waals surface area (Å²) >= 11 is 10.1. The lowest BCUT2D eigenvalue weighted by Gasteiger charge is -1.89. The Labute approximate surface area is 57.3 Å². The van der Waals surface area contributed by atoms with Crippen molar-refractivity contribution in [2.45, 2.75) is 6.92 Å². The maximum atomic E-state index is 10.1. The van der Waals surface area contributed by atoms with E-state index in [2.05, 4.69) is 0 Å². The lowest BCUT2D eigenvalue weighted by Crippen LogP contribution is -1.97. The topological polar surface area (TPSA) is 43.1 Å². The van der Waals surface area contributed by atoms with Crippen molar-refractivity contribution in [2.24, 2.45) is 5.73 Å². The number of hydrogen-bond acceptors (Lipinski definition) is 2. The van der Waals surface area contributed by atoms with Crippen molar-refractivity contribution in [3.63, 3.8) is 0 Å². The third kappa shape index (κ3) is 2.19. The fourth-order valence-corrected chi connectivity index (χ4v) is 0.330. The molecule has 46 valence electrons. The molecule has 0 bridgehead atoms. The highest BCUT2D eigenvalue weighted by Gasteiger charge is 2.00. The van der Waals surface area contributed by atoms with Crippen molar-refractivity contribution in [1.29, 1.82) is 0 Å². The zero-order valence-corrected chi connectivity index (χ0v) is 5.75. The van der Waals surface area contributed by atoms with E-state index in [4.69, 9.17) is 28.9 Å². The lowest BCUT2D eigenvalue weighted by molar-refractivity contribution is -0.108. The number of halogens is 2. The fourth-order valence-electron chi connectivity index (χ4n) is 0.0939. The van der Waals surface area contributed by atoms with Crippen LogP contribution in [0.1, 0.15) is 6.92 Å². The quantitative estimate of drug-likeness (QED) is 0.350. The van der Waals surface area contributed by atoms with Crippen molar-refractivity contribution in [3.05, 3.63) is 10.7 Å². The second-order valence-electron chi connectivity index (χ2n) is 1.25. The Morgan fingerprint density at radius 1 is 1.50 bits per heavy atom. The Balaban J connectivity index is 4.23. The van der Waals surface area contributed by atoms with Crippen LogP contribution < -0.4 is 5.73 Å². The molecule has 0 amide bonds. The highest BCUT2D eigenvalue weighted by molar-refractivity contribution is 6.68. The van der Waals surface area contributed by atoms with E-state index in [0.29, 0.717) is 0 Å². The summed E-state index contributed by atoms with van der Waals surface area (Å²) in [6.45, 7) is 1.46. The molecule has 0 spiro atoms. The number of nitrogens with two attached hydrogens (primary N) is 1. The second-order valence-corrected chi connectivity index (χ2v) is 2.00. The van der Waals surface area contributed by atoms with Gasteiger partial charge in [-0.3, -0.25) is 4.79 Å². The standard InChI is InChI=1S/C4H5Cl2NO/c1-2(3(5)7)4(6)8/h7H2,1H3/b3-2+. The minimum absolute atomic E-state index is 0.0509. The van der Waals surface area contributed by atoms with Crippen LogP contribution in [-0.2, 0) is 4.79 Å². The number of carbonyl (C=O) groups is 1. The molecule has 0 heterocycles. The van der Waals surface area contributed by atoms with E-state index in [1.165, 1.54) is 6.92 Å². The largest absolute Gasteiger partial charge is 0.389 e. The zero-order chi connectivity index (χ0) is 6.73. The maximum absolute atomic E-state index is 10.1. The number of allylic oxidation sites excluding steroid dienone is 1. The van der Waals surface area contributed by atoms with Crippen LogP contribution in [0, 0.1) is 0 Å². The van der Waals surface area contributed by atoms with E-state index < -0.39 is 5.24 Å². The molecule has 0 aliphatic heterocycles. The zero-order valence-electron chi connectivity index (χ0n) is 4.24. The molecular formula is C4H5Cl2NO. The van der Waals surface area contributed by atoms with Gasteiger partial charge >= 0.3 is 0 Å². The molecule has 0 radical (unpaired) electrons. The van der Waals surface area contributed by atoms with Crippen LogP contribution in [0.15, 0.2) is 10.7 Å². The van der Waals surface area contributed by atoms with Gasteiger partial charge in [0.1, 0.15) is 5.16 Å². The first-order valence-corrected chi connectivity index (χ1v) is 2.63. The van der Waals surface area contributed by atoms with Crippen LogP contribution in [0.4, 0.5) is 0 Å². The summed E-state index contributed by atoms with van der Waals surface area (Å²) < 4.78 is 0. The lowest BCUT2D eigenvalue weighted by atomic mass is 10.4. The first kappa shape index (κ1) is 7.79. The highest BCUT2D eigenvalue weighted by Crippen LogP contribution is 2.04.